The van der Waals surface area contributed by atoms with Crippen molar-refractivity contribution in [2.24, 2.45) is 5.92 Å². The number of ether oxygens (including phenoxy) is 1. The van der Waals surface area contributed by atoms with Crippen molar-refractivity contribution >= 4 is 34.6 Å². The second-order valence-electron chi connectivity index (χ2n) is 8.02. The van der Waals surface area contributed by atoms with Crippen LogP contribution in [0.2, 0.25) is 0 Å². The van der Waals surface area contributed by atoms with Gasteiger partial charge >= 0.3 is 0 Å². The first kappa shape index (κ1) is 23.3. The van der Waals surface area contributed by atoms with Gasteiger partial charge in [-0.3, -0.25) is 4.90 Å². The molecule has 0 aliphatic carbocycles. The maximum absolute atomic E-state index is 5.58. The summed E-state index contributed by atoms with van der Waals surface area (Å²) >= 11 is 1.78. The quantitative estimate of drug-likeness (QED) is 0.423. The summed E-state index contributed by atoms with van der Waals surface area (Å²) in [6.45, 7) is 12.6. The van der Waals surface area contributed by atoms with Crippen LogP contribution >= 0.6 is 23.7 Å². The number of thiazole rings is 1. The first-order valence-electron chi connectivity index (χ1n) is 11.1. The van der Waals surface area contributed by atoms with Crippen LogP contribution in [0.25, 0.3) is 21.5 Å². The third kappa shape index (κ3) is 4.91. The topological polar surface area (TPSA) is 30.3 Å². The van der Waals surface area contributed by atoms with Crippen LogP contribution in [0.1, 0.15) is 44.9 Å². The number of aromatic nitrogens is 2. The third-order valence-electron chi connectivity index (χ3n) is 6.22. The highest BCUT2D eigenvalue weighted by atomic mass is 35.5. The second-order valence-corrected chi connectivity index (χ2v) is 8.88. The van der Waals surface area contributed by atoms with Crippen molar-refractivity contribution in [1.82, 2.24) is 14.5 Å². The van der Waals surface area contributed by atoms with Crippen LogP contribution in [0.15, 0.2) is 29.8 Å². The molecule has 1 saturated heterocycles. The minimum Gasteiger partial charge on any atom is -0.381 e. The number of hydrogen-bond donors (Lipinski definition) is 0. The summed E-state index contributed by atoms with van der Waals surface area (Å²) in [7, 11) is 0. The first-order chi connectivity index (χ1) is 14.2. The molecule has 164 valence electrons. The molecule has 0 radical (unpaired) electrons. The van der Waals surface area contributed by atoms with E-state index in [9.17, 15) is 0 Å². The molecule has 1 fully saturated rings. The van der Waals surface area contributed by atoms with E-state index in [0.29, 0.717) is 5.92 Å². The normalized spacial score (nSPS) is 15.1. The molecule has 0 amide bonds. The Hall–Kier alpha value is -1.40. The number of para-hydroxylation sites is 1. The molecular weight excluding hydrogens is 414 g/mol. The van der Waals surface area contributed by atoms with Crippen molar-refractivity contribution in [3.05, 3.63) is 41.0 Å². The number of aryl methyl sites for hydroxylation is 1. The molecule has 0 saturated carbocycles. The van der Waals surface area contributed by atoms with Gasteiger partial charge in [0.15, 0.2) is 0 Å². The Kier molecular flexibility index (Phi) is 8.35. The molecule has 3 heterocycles. The predicted octanol–water partition coefficient (Wildman–Crippen LogP) is 6.02. The summed E-state index contributed by atoms with van der Waals surface area (Å²) in [6.07, 6.45) is 5.74. The number of rotatable bonds is 8. The SMILES string of the molecule is CCc1cccc2c(-c3nc(CN(CC)CC)cs3)cn(CC3CCOCC3)c12.Cl. The van der Waals surface area contributed by atoms with E-state index in [-0.39, 0.29) is 12.4 Å². The van der Waals surface area contributed by atoms with Crippen LogP contribution in [0.5, 0.6) is 0 Å². The number of hydrogen-bond acceptors (Lipinski definition) is 4. The highest BCUT2D eigenvalue weighted by Gasteiger charge is 2.20. The van der Waals surface area contributed by atoms with Crippen LogP contribution < -0.4 is 0 Å². The highest BCUT2D eigenvalue weighted by molar-refractivity contribution is 7.13. The maximum Gasteiger partial charge on any atom is 0.125 e. The lowest BCUT2D eigenvalue weighted by molar-refractivity contribution is 0.0616. The van der Waals surface area contributed by atoms with E-state index in [2.05, 4.69) is 60.0 Å². The molecule has 0 atom stereocenters. The molecule has 0 N–H and O–H groups in total. The molecule has 4 rings (SSSR count). The Bertz CT molecular complexity index is 941. The summed E-state index contributed by atoms with van der Waals surface area (Å²) < 4.78 is 8.08. The summed E-state index contributed by atoms with van der Waals surface area (Å²) in [5.74, 6) is 0.701. The summed E-state index contributed by atoms with van der Waals surface area (Å²) in [4.78, 5) is 7.44. The molecule has 1 aromatic carbocycles. The molecule has 6 heteroatoms. The van der Waals surface area contributed by atoms with Crippen molar-refractivity contribution in [2.45, 2.75) is 53.1 Å². The lowest BCUT2D eigenvalue weighted by atomic mass is 10.00. The maximum atomic E-state index is 5.58. The zero-order valence-corrected chi connectivity index (χ0v) is 20.0. The van der Waals surface area contributed by atoms with Gasteiger partial charge in [0.25, 0.3) is 0 Å². The Balaban J connectivity index is 0.00000256. The fourth-order valence-electron chi connectivity index (χ4n) is 4.42. The van der Waals surface area contributed by atoms with Crippen LogP contribution in [0, 0.1) is 5.92 Å². The second kappa shape index (κ2) is 10.8. The largest absolute Gasteiger partial charge is 0.381 e. The van der Waals surface area contributed by atoms with Gasteiger partial charge in [0.05, 0.1) is 11.2 Å². The molecule has 3 aromatic rings. The number of nitrogens with zero attached hydrogens (tertiary/aromatic N) is 3. The standard InChI is InChI=1S/C24H33N3OS.ClH/c1-4-19-8-7-9-21-22(24-25-20(17-29-24)15-26(5-2)6-3)16-27(23(19)21)14-18-10-12-28-13-11-18;/h7-9,16-18H,4-6,10-15H2,1-3H3;1H. The number of benzene rings is 1. The average molecular weight is 448 g/mol. The monoisotopic (exact) mass is 447 g/mol. The van der Waals surface area contributed by atoms with Crippen molar-refractivity contribution < 1.29 is 4.74 Å². The van der Waals surface area contributed by atoms with E-state index >= 15 is 0 Å². The van der Waals surface area contributed by atoms with Gasteiger partial charge in [0.2, 0.25) is 0 Å². The van der Waals surface area contributed by atoms with Crippen molar-refractivity contribution in [1.29, 1.82) is 0 Å². The molecule has 0 spiro atoms. The van der Waals surface area contributed by atoms with Crippen LogP contribution in [-0.2, 0) is 24.2 Å². The van der Waals surface area contributed by atoms with Crippen LogP contribution in [0.4, 0.5) is 0 Å². The minimum absolute atomic E-state index is 0. The van der Waals surface area contributed by atoms with Gasteiger partial charge in [-0.2, -0.15) is 0 Å². The number of fused-ring (bicyclic) bond motifs is 1. The van der Waals surface area contributed by atoms with Gasteiger partial charge in [0, 0.05) is 48.8 Å². The molecule has 4 nitrogen and oxygen atoms in total. The molecule has 1 aliphatic heterocycles. The Morgan fingerprint density at radius 3 is 2.63 bits per heavy atom. The Labute approximate surface area is 190 Å². The van der Waals surface area contributed by atoms with E-state index in [1.54, 1.807) is 11.3 Å². The van der Waals surface area contributed by atoms with Gasteiger partial charge in [-0.25, -0.2) is 4.98 Å². The molecule has 30 heavy (non-hydrogen) atoms. The van der Waals surface area contributed by atoms with Crippen molar-refractivity contribution in [3.8, 4) is 10.6 Å². The fraction of sp³-hybridized carbons (Fsp3) is 0.542. The molecule has 2 aromatic heterocycles. The van der Waals surface area contributed by atoms with Crippen LogP contribution in [0.3, 0.4) is 0 Å². The van der Waals surface area contributed by atoms with Crippen molar-refractivity contribution in [2.75, 3.05) is 26.3 Å². The highest BCUT2D eigenvalue weighted by Crippen LogP contribution is 2.35. The molecular formula is C24H34ClN3OS. The third-order valence-corrected chi connectivity index (χ3v) is 7.15. The van der Waals surface area contributed by atoms with E-state index in [1.165, 1.54) is 27.7 Å². The minimum atomic E-state index is 0. The zero-order chi connectivity index (χ0) is 20.2. The van der Waals surface area contributed by atoms with Gasteiger partial charge in [-0.1, -0.05) is 39.0 Å². The molecule has 0 unspecified atom stereocenters. The van der Waals surface area contributed by atoms with Gasteiger partial charge in [-0.15, -0.1) is 23.7 Å². The van der Waals surface area contributed by atoms with Crippen LogP contribution in [-0.4, -0.2) is 40.8 Å². The van der Waals surface area contributed by atoms with Crippen molar-refractivity contribution in [3.63, 3.8) is 0 Å². The van der Waals surface area contributed by atoms with E-state index in [4.69, 9.17) is 9.72 Å². The molecule has 1 aliphatic rings. The zero-order valence-electron chi connectivity index (χ0n) is 18.4. The molecule has 0 bridgehead atoms. The Morgan fingerprint density at radius 2 is 1.93 bits per heavy atom. The number of halogens is 1. The summed E-state index contributed by atoms with van der Waals surface area (Å²) in [6, 6.07) is 6.75. The van der Waals surface area contributed by atoms with E-state index < -0.39 is 0 Å². The van der Waals surface area contributed by atoms with Gasteiger partial charge < -0.3 is 9.30 Å². The Morgan fingerprint density at radius 1 is 1.17 bits per heavy atom. The summed E-state index contributed by atoms with van der Waals surface area (Å²) in [5.41, 5.74) is 5.31. The van der Waals surface area contributed by atoms with E-state index in [0.717, 1.165) is 63.7 Å². The lowest BCUT2D eigenvalue weighted by Crippen LogP contribution is -2.22. The predicted molar refractivity (Wildman–Crippen MR) is 130 cm³/mol. The van der Waals surface area contributed by atoms with Gasteiger partial charge in [0.1, 0.15) is 5.01 Å². The fourth-order valence-corrected chi connectivity index (χ4v) is 5.26. The lowest BCUT2D eigenvalue weighted by Gasteiger charge is -2.23. The average Bonchev–Trinajstić information content (AvgIpc) is 3.37. The van der Waals surface area contributed by atoms with Gasteiger partial charge in [-0.05, 0) is 43.8 Å². The smallest absolute Gasteiger partial charge is 0.125 e. The summed E-state index contributed by atoms with van der Waals surface area (Å²) in [5, 5.41) is 4.73. The first-order valence-corrected chi connectivity index (χ1v) is 12.0. The van der Waals surface area contributed by atoms with E-state index in [1.807, 2.05) is 0 Å².